The number of pyridine rings is 4. The Morgan fingerprint density at radius 3 is 2.09 bits per heavy atom. The number of unbranched alkanes of at least 4 members (excludes halogenated alkanes) is 2. The second-order valence-electron chi connectivity index (χ2n) is 18.8. The fourth-order valence-electron chi connectivity index (χ4n) is 10.4. The second-order valence-corrected chi connectivity index (χ2v) is 21.3. The summed E-state index contributed by atoms with van der Waals surface area (Å²) in [5.41, 5.74) is 6.96. The van der Waals surface area contributed by atoms with Crippen molar-refractivity contribution in [1.29, 1.82) is 2.47 Å². The third kappa shape index (κ3) is 13.8. The van der Waals surface area contributed by atoms with Crippen molar-refractivity contribution < 1.29 is 28.6 Å². The van der Waals surface area contributed by atoms with Gasteiger partial charge in [-0.3, -0.25) is 33.6 Å². The van der Waals surface area contributed by atoms with Crippen molar-refractivity contribution in [3.8, 4) is 0 Å². The van der Waals surface area contributed by atoms with E-state index in [2.05, 4.69) is 41.2 Å². The molecule has 2 aliphatic rings. The van der Waals surface area contributed by atoms with E-state index in [1.165, 1.54) is 31.8 Å². The zero-order valence-electron chi connectivity index (χ0n) is 45.3. The number of methoxy groups -OCH3 is 2. The Bertz CT molecular complexity index is 3500. The number of aliphatic hydroxyl groups is 1. The standard InChI is InChI=1S/C27H30ClN5O4.C14H19BClNOPSi.C13H16N4O3/c1-37-27(36)31-11-8-20(9-12-31)33-24-7-10-29-16-25(24)32(26(33)35)17-23-22(4-2-3-13-34)21-6-5-19(28)14-18(21)15-30-23;16-9-14-13(7-3-4-8-18-20-15-19)12-6-2-1-5-11(12)10-17-14;1-20-13(19)16-6-3-9(4-7-16)17-11-2-5-14-8-10(11)15-12(17)18/h5-7,10,14-16,20,34H,2-4,8-9,11-13,17H2,1H3;1-2,5-6,10H,3-4,7-9,19-20H2;2,5,8-9H,3-4,6-7H2,1H3,(H,15,18)/i;20TD;. The highest BCUT2D eigenvalue weighted by Crippen LogP contribution is 2.30. The molecule has 77 heavy (non-hydrogen) atoms. The molecule has 2 N–H and O–H groups in total. The van der Waals surface area contributed by atoms with Crippen LogP contribution in [-0.2, 0) is 39.2 Å². The Hall–Kier alpha value is -6.15. The van der Waals surface area contributed by atoms with Gasteiger partial charge < -0.3 is 33.8 Å². The van der Waals surface area contributed by atoms with Gasteiger partial charge in [0, 0.05) is 94.5 Å². The number of aromatic nitrogens is 8. The van der Waals surface area contributed by atoms with Crippen molar-refractivity contribution in [2.24, 2.45) is 0 Å². The van der Waals surface area contributed by atoms with E-state index in [4.69, 9.17) is 44.6 Å². The van der Waals surface area contributed by atoms with Gasteiger partial charge in [0.2, 0.25) is 0 Å². The third-order valence-corrected chi connectivity index (χ3v) is 15.6. The van der Waals surface area contributed by atoms with E-state index in [0.717, 1.165) is 100 Å². The number of hydrogen-bond donors (Lipinski definition) is 2. The number of ether oxygens (including phenoxy) is 2. The number of carbonyl (C=O) groups is 2. The average molecular weight is 1130 g/mol. The number of likely N-dealkylation sites (tertiary alicyclic amines) is 2. The molecule has 2 saturated heterocycles. The number of H-pyrrole nitrogens is 1. The molecule has 2 aliphatic heterocycles. The number of piperidine rings is 2. The van der Waals surface area contributed by atoms with Crippen molar-refractivity contribution in [3.63, 3.8) is 0 Å². The van der Waals surface area contributed by atoms with Crippen molar-refractivity contribution >= 4 is 104 Å². The molecule has 2 unspecified atom stereocenters. The number of nitrogens with one attached hydrogen (secondary N) is 1. The number of benzene rings is 2. The number of amides is 2. The van der Waals surface area contributed by atoms with Gasteiger partial charge in [-0.2, -0.15) is 9.12 Å². The number of hydrogen-bond acceptors (Lipinski definition) is 12. The fraction of sp³-hybridized carbons (Fsp3) is 0.407. The third-order valence-electron chi connectivity index (χ3n) is 14.2. The molecule has 2 amide bonds. The monoisotopic (exact) mass is 1120 g/mol. The van der Waals surface area contributed by atoms with Crippen LogP contribution in [0.5, 0.6) is 0 Å². The second kappa shape index (κ2) is 27.9. The van der Waals surface area contributed by atoms with Gasteiger partial charge in [0.1, 0.15) is 9.50 Å². The van der Waals surface area contributed by atoms with E-state index in [1.54, 1.807) is 49.9 Å². The highest BCUT2D eigenvalue weighted by Gasteiger charge is 2.29. The minimum Gasteiger partial charge on any atom is -0.453 e. The maximum atomic E-state index is 13.9. The highest BCUT2D eigenvalue weighted by atomic mass is 35.5. The Kier molecular flexibility index (Phi) is 19.7. The maximum absolute atomic E-state index is 13.9. The number of fused-ring (bicyclic) bond motifs is 4. The zero-order valence-corrected chi connectivity index (χ0v) is 46.9. The van der Waals surface area contributed by atoms with E-state index < -0.39 is 9.50 Å². The van der Waals surface area contributed by atoms with Crippen LogP contribution >= 0.6 is 32.3 Å². The Balaban J connectivity index is 0.000000167. The normalized spacial score (nSPS) is 15.3. The van der Waals surface area contributed by atoms with Gasteiger partial charge in [0.25, 0.3) is 0 Å². The van der Waals surface area contributed by atoms with Crippen LogP contribution in [0.25, 0.3) is 43.6 Å². The van der Waals surface area contributed by atoms with Crippen molar-refractivity contribution in [2.75, 3.05) is 53.6 Å². The molecule has 1 radical (unpaired) electrons. The number of carbonyl (C=O) groups excluding carboxylic acids is 2. The first-order valence-electron chi connectivity index (χ1n) is 26.8. The quantitative estimate of drug-likeness (QED) is 0.0408. The predicted octanol–water partition coefficient (Wildman–Crippen LogP) is 8.10. The summed E-state index contributed by atoms with van der Waals surface area (Å²) in [6, 6.07) is 17.7. The molecule has 0 spiro atoms. The Morgan fingerprint density at radius 1 is 0.805 bits per heavy atom. The van der Waals surface area contributed by atoms with Crippen LogP contribution < -0.4 is 11.4 Å². The number of aromatic amines is 1. The molecule has 2 aromatic carbocycles. The lowest BCUT2D eigenvalue weighted by Crippen LogP contribution is -2.41. The summed E-state index contributed by atoms with van der Waals surface area (Å²) in [5.74, 6) is 0.411. The predicted molar refractivity (Wildman–Crippen MR) is 309 cm³/mol. The Morgan fingerprint density at radius 2 is 1.42 bits per heavy atom. The molecule has 23 heteroatoms. The minimum absolute atomic E-state index is 0.0321. The van der Waals surface area contributed by atoms with Crippen molar-refractivity contribution in [3.05, 3.63) is 140 Å². The molecule has 18 nitrogen and oxygen atoms in total. The molecule has 2 atom stereocenters. The topological polar surface area (TPSA) is 205 Å². The van der Waals surface area contributed by atoms with Crippen LogP contribution in [0.2, 0.25) is 5.02 Å². The van der Waals surface area contributed by atoms with Crippen molar-refractivity contribution in [2.45, 2.75) is 88.7 Å². The summed E-state index contributed by atoms with van der Waals surface area (Å²) in [7, 11) is 2.01. The molecule has 8 aromatic rings. The molecule has 0 bridgehead atoms. The summed E-state index contributed by atoms with van der Waals surface area (Å²) in [6.07, 6.45) is 17.5. The van der Waals surface area contributed by atoms with Gasteiger partial charge in [-0.05, 0) is 110 Å². The van der Waals surface area contributed by atoms with Gasteiger partial charge in [-0.25, -0.2) is 19.2 Å². The molecule has 405 valence electrons. The number of aliphatic hydroxyl groups excluding tert-OH is 1. The van der Waals surface area contributed by atoms with E-state index in [-0.39, 0.29) is 42.3 Å². The summed E-state index contributed by atoms with van der Waals surface area (Å²) < 4.78 is 35.5. The molecule has 2 fully saturated rings. The lowest BCUT2D eigenvalue weighted by atomic mass is 9.99. The summed E-state index contributed by atoms with van der Waals surface area (Å²) in [6.45, 7) is 4.64. The Labute approximate surface area is 464 Å². The first-order valence-corrected chi connectivity index (χ1v) is 28.4. The highest BCUT2D eigenvalue weighted by molar-refractivity contribution is 7.67. The smallest absolute Gasteiger partial charge is 0.409 e. The van der Waals surface area contributed by atoms with Crippen LogP contribution in [-0.4, -0.2) is 138 Å². The molecule has 0 aliphatic carbocycles. The zero-order chi connectivity index (χ0) is 56.1. The number of alkyl halides is 1. The number of imidazole rings is 2. The largest absolute Gasteiger partial charge is 0.453 e. The van der Waals surface area contributed by atoms with Crippen LogP contribution in [0, 0.1) is 0 Å². The molecule has 8 heterocycles. The first kappa shape index (κ1) is 54.2. The fourth-order valence-corrected chi connectivity index (χ4v) is 11.4. The summed E-state index contributed by atoms with van der Waals surface area (Å²) in [5, 5.41) is 14.3. The minimum atomic E-state index is -3.06. The molecular formula is C54H65BCl2N10O8PSi. The lowest BCUT2D eigenvalue weighted by molar-refractivity contribution is 0.106. The number of nitrogens with zero attached hydrogens (tertiary/aromatic N) is 9. The van der Waals surface area contributed by atoms with E-state index in [9.17, 15) is 24.3 Å². The van der Waals surface area contributed by atoms with Crippen LogP contribution in [0.4, 0.5) is 9.59 Å². The van der Waals surface area contributed by atoms with Crippen LogP contribution in [0.15, 0.2) is 101 Å². The molecule has 0 saturated carbocycles. The van der Waals surface area contributed by atoms with Gasteiger partial charge in [0.15, 0.2) is 6.59 Å². The summed E-state index contributed by atoms with van der Waals surface area (Å²) >= 11 is 12.2. The van der Waals surface area contributed by atoms with Gasteiger partial charge in [-0.15, -0.1) is 11.6 Å². The van der Waals surface area contributed by atoms with Crippen LogP contribution in [0.3, 0.4) is 0 Å². The number of rotatable bonds is 16. The number of aryl methyl sites for hydroxylation is 2. The first-order chi connectivity index (χ1) is 38.3. The molecule has 6 aromatic heterocycles. The van der Waals surface area contributed by atoms with E-state index in [1.807, 2.05) is 53.2 Å². The van der Waals surface area contributed by atoms with Gasteiger partial charge in [-0.1, -0.05) is 41.9 Å². The van der Waals surface area contributed by atoms with Crippen molar-refractivity contribution in [1.82, 2.24) is 48.4 Å². The van der Waals surface area contributed by atoms with Crippen LogP contribution in [0.1, 0.15) is 86.0 Å². The van der Waals surface area contributed by atoms with Gasteiger partial charge in [0.05, 0.1) is 72.5 Å². The van der Waals surface area contributed by atoms with E-state index in [0.29, 0.717) is 69.5 Å². The SMILES string of the molecule is COC(=O)N1CCC(n2c(=O)[nH]c3cnccc32)CC1.COC(=O)N1CCC(n2c(=O)n(Cc3ncc4cc(Cl)ccc4c3CCCCO)c3cnccc32)CC1.[2H][Si]([3H])([B]P)OCCCCc1c(CCl)ncc2ccccc12. The average Bonchev–Trinajstić information content (AvgIpc) is 4.15. The molecule has 10 rings (SSSR count). The van der Waals surface area contributed by atoms with E-state index >= 15 is 0 Å². The van der Waals surface area contributed by atoms with Gasteiger partial charge >= 0.3 is 23.6 Å². The number of halogens is 2. The summed E-state index contributed by atoms with van der Waals surface area (Å²) in [4.78, 5) is 73.0. The maximum Gasteiger partial charge on any atom is 0.409 e. The lowest BCUT2D eigenvalue weighted by Gasteiger charge is -2.31. The molecular weight excluding hydrogens is 1060 g/mol.